The first-order valence-corrected chi connectivity index (χ1v) is 6.64. The first kappa shape index (κ1) is 17.0. The molecule has 0 radical (unpaired) electrons. The van der Waals surface area contributed by atoms with Crippen molar-refractivity contribution in [2.45, 2.75) is 13.8 Å². The molecule has 0 aliphatic heterocycles. The maximum Gasteiger partial charge on any atom is 0.344 e. The van der Waals surface area contributed by atoms with Crippen LogP contribution >= 0.6 is 0 Å². The van der Waals surface area contributed by atoms with Gasteiger partial charge in [0, 0.05) is 13.7 Å². The van der Waals surface area contributed by atoms with E-state index in [4.69, 9.17) is 14.2 Å². The number of carbonyl (C=O) groups is 2. The Morgan fingerprint density at radius 1 is 1.19 bits per heavy atom. The van der Waals surface area contributed by atoms with Crippen LogP contribution in [-0.2, 0) is 19.1 Å². The van der Waals surface area contributed by atoms with Gasteiger partial charge in [0.1, 0.15) is 5.75 Å². The van der Waals surface area contributed by atoms with Gasteiger partial charge in [-0.3, -0.25) is 4.79 Å². The molecule has 0 aromatic heterocycles. The number of aryl methyl sites for hydroxylation is 2. The number of amides is 1. The fourth-order valence-electron chi connectivity index (χ4n) is 1.63. The summed E-state index contributed by atoms with van der Waals surface area (Å²) in [5.41, 5.74) is 2.07. The highest BCUT2D eigenvalue weighted by Crippen LogP contribution is 2.18. The van der Waals surface area contributed by atoms with Gasteiger partial charge in [-0.1, -0.05) is 17.7 Å². The Hall–Kier alpha value is -2.08. The standard InChI is InChI=1S/C15H21NO5/c1-11-4-5-13(12(2)8-11)20-10-15(18)21-9-14(17)16-6-7-19-3/h4-5,8H,6-7,9-10H2,1-3H3,(H,16,17). The smallest absolute Gasteiger partial charge is 0.344 e. The Kier molecular flexibility index (Phi) is 7.25. The maximum absolute atomic E-state index is 11.5. The highest BCUT2D eigenvalue weighted by molar-refractivity contribution is 5.80. The topological polar surface area (TPSA) is 73.9 Å². The normalized spacial score (nSPS) is 10.0. The van der Waals surface area contributed by atoms with Crippen LogP contribution in [0.1, 0.15) is 11.1 Å². The lowest BCUT2D eigenvalue weighted by atomic mass is 10.1. The van der Waals surface area contributed by atoms with Crippen LogP contribution in [0.5, 0.6) is 5.75 Å². The third kappa shape index (κ3) is 6.76. The number of hydrogen-bond acceptors (Lipinski definition) is 5. The number of carbonyl (C=O) groups excluding carboxylic acids is 2. The van der Waals surface area contributed by atoms with E-state index in [2.05, 4.69) is 5.32 Å². The SMILES string of the molecule is COCCNC(=O)COC(=O)COc1ccc(C)cc1C. The van der Waals surface area contributed by atoms with Gasteiger partial charge >= 0.3 is 5.97 Å². The van der Waals surface area contributed by atoms with Crippen molar-refractivity contribution in [2.75, 3.05) is 33.5 Å². The molecule has 21 heavy (non-hydrogen) atoms. The first-order valence-electron chi connectivity index (χ1n) is 6.64. The zero-order valence-corrected chi connectivity index (χ0v) is 12.6. The summed E-state index contributed by atoms with van der Waals surface area (Å²) in [6, 6.07) is 5.66. The average Bonchev–Trinajstić information content (AvgIpc) is 2.44. The largest absolute Gasteiger partial charge is 0.482 e. The molecule has 0 saturated carbocycles. The number of benzene rings is 1. The van der Waals surface area contributed by atoms with Gasteiger partial charge in [-0.25, -0.2) is 4.79 Å². The summed E-state index contributed by atoms with van der Waals surface area (Å²) in [6.45, 7) is 4.12. The van der Waals surface area contributed by atoms with Gasteiger partial charge in [0.2, 0.25) is 0 Å². The second-order valence-electron chi connectivity index (χ2n) is 4.56. The molecule has 0 saturated heterocycles. The summed E-state index contributed by atoms with van der Waals surface area (Å²) in [6.07, 6.45) is 0. The van der Waals surface area contributed by atoms with Crippen LogP contribution in [-0.4, -0.2) is 45.4 Å². The van der Waals surface area contributed by atoms with Gasteiger partial charge in [0.15, 0.2) is 13.2 Å². The molecule has 1 amide bonds. The Balaban J connectivity index is 2.26. The van der Waals surface area contributed by atoms with Crippen LogP contribution in [0, 0.1) is 13.8 Å². The summed E-state index contributed by atoms with van der Waals surface area (Å²) in [4.78, 5) is 22.8. The lowest BCUT2D eigenvalue weighted by Crippen LogP contribution is -2.32. The number of methoxy groups -OCH3 is 1. The highest BCUT2D eigenvalue weighted by Gasteiger charge is 2.09. The zero-order chi connectivity index (χ0) is 15.7. The Labute approximate surface area is 124 Å². The molecule has 0 heterocycles. The number of ether oxygens (including phenoxy) is 3. The van der Waals surface area contributed by atoms with Gasteiger partial charge in [-0.15, -0.1) is 0 Å². The third-order valence-electron chi connectivity index (χ3n) is 2.67. The second-order valence-corrected chi connectivity index (χ2v) is 4.56. The van der Waals surface area contributed by atoms with E-state index in [9.17, 15) is 9.59 Å². The van der Waals surface area contributed by atoms with E-state index in [1.54, 1.807) is 6.07 Å². The molecule has 0 fully saturated rings. The van der Waals surface area contributed by atoms with Crippen LogP contribution < -0.4 is 10.1 Å². The van der Waals surface area contributed by atoms with Crippen molar-refractivity contribution in [2.24, 2.45) is 0 Å². The minimum absolute atomic E-state index is 0.227. The second kappa shape index (κ2) is 8.97. The van der Waals surface area contributed by atoms with E-state index in [1.807, 2.05) is 26.0 Å². The van der Waals surface area contributed by atoms with Crippen molar-refractivity contribution in [3.8, 4) is 5.75 Å². The predicted octanol–water partition coefficient (Wildman–Crippen LogP) is 0.988. The Morgan fingerprint density at radius 2 is 1.95 bits per heavy atom. The monoisotopic (exact) mass is 295 g/mol. The third-order valence-corrected chi connectivity index (χ3v) is 2.67. The van der Waals surface area contributed by atoms with E-state index >= 15 is 0 Å². The lowest BCUT2D eigenvalue weighted by molar-refractivity contribution is -0.150. The molecule has 0 aliphatic rings. The van der Waals surface area contributed by atoms with Gasteiger partial charge in [0.05, 0.1) is 6.61 Å². The number of esters is 1. The highest BCUT2D eigenvalue weighted by atomic mass is 16.6. The van der Waals surface area contributed by atoms with Crippen LogP contribution in [0.4, 0.5) is 0 Å². The van der Waals surface area contributed by atoms with E-state index < -0.39 is 5.97 Å². The Morgan fingerprint density at radius 3 is 2.62 bits per heavy atom. The maximum atomic E-state index is 11.5. The summed E-state index contributed by atoms with van der Waals surface area (Å²) in [5.74, 6) is -0.328. The molecule has 0 atom stereocenters. The van der Waals surface area contributed by atoms with Crippen molar-refractivity contribution in [3.05, 3.63) is 29.3 Å². The number of nitrogens with one attached hydrogen (secondary N) is 1. The van der Waals surface area contributed by atoms with Crippen molar-refractivity contribution in [1.29, 1.82) is 0 Å². The number of rotatable bonds is 8. The van der Waals surface area contributed by atoms with Crippen LogP contribution in [0.2, 0.25) is 0 Å². The van der Waals surface area contributed by atoms with Gasteiger partial charge < -0.3 is 19.5 Å². The Bertz CT molecular complexity index is 487. The molecule has 6 nitrogen and oxygen atoms in total. The molecule has 6 heteroatoms. The summed E-state index contributed by atoms with van der Waals surface area (Å²) in [5, 5.41) is 2.55. The van der Waals surface area contributed by atoms with Crippen molar-refractivity contribution >= 4 is 11.9 Å². The predicted molar refractivity (Wildman–Crippen MR) is 77.3 cm³/mol. The van der Waals surface area contributed by atoms with Gasteiger partial charge in [-0.2, -0.15) is 0 Å². The van der Waals surface area contributed by atoms with Crippen LogP contribution in [0.15, 0.2) is 18.2 Å². The molecule has 0 bridgehead atoms. The fraction of sp³-hybridized carbons (Fsp3) is 0.467. The molecule has 0 aliphatic carbocycles. The molecule has 1 aromatic carbocycles. The lowest BCUT2D eigenvalue weighted by Gasteiger charge is -2.10. The van der Waals surface area contributed by atoms with Crippen molar-refractivity contribution in [3.63, 3.8) is 0 Å². The molecule has 0 unspecified atom stereocenters. The molecule has 0 spiro atoms. The summed E-state index contributed by atoms with van der Waals surface area (Å²) >= 11 is 0. The van der Waals surface area contributed by atoms with Crippen LogP contribution in [0.25, 0.3) is 0 Å². The van der Waals surface area contributed by atoms with Gasteiger partial charge in [0.25, 0.3) is 5.91 Å². The first-order chi connectivity index (χ1) is 10.0. The molecule has 1 N–H and O–H groups in total. The van der Waals surface area contributed by atoms with E-state index in [0.29, 0.717) is 18.9 Å². The molecule has 1 aromatic rings. The summed E-state index contributed by atoms with van der Waals surface area (Å²) < 4.78 is 14.9. The number of hydrogen-bond donors (Lipinski definition) is 1. The molecule has 116 valence electrons. The minimum atomic E-state index is -0.586. The summed E-state index contributed by atoms with van der Waals surface area (Å²) in [7, 11) is 1.54. The quantitative estimate of drug-likeness (QED) is 0.572. The fourth-order valence-corrected chi connectivity index (χ4v) is 1.63. The molecule has 1 rings (SSSR count). The van der Waals surface area contributed by atoms with Crippen LogP contribution in [0.3, 0.4) is 0 Å². The van der Waals surface area contributed by atoms with E-state index in [0.717, 1.165) is 11.1 Å². The minimum Gasteiger partial charge on any atom is -0.482 e. The zero-order valence-electron chi connectivity index (χ0n) is 12.6. The van der Waals surface area contributed by atoms with E-state index in [-0.39, 0.29) is 19.1 Å². The van der Waals surface area contributed by atoms with Crippen molar-refractivity contribution < 1.29 is 23.8 Å². The molecular formula is C15H21NO5. The van der Waals surface area contributed by atoms with Gasteiger partial charge in [-0.05, 0) is 25.5 Å². The van der Waals surface area contributed by atoms with E-state index in [1.165, 1.54) is 7.11 Å². The van der Waals surface area contributed by atoms with Crippen molar-refractivity contribution in [1.82, 2.24) is 5.32 Å². The molecular weight excluding hydrogens is 274 g/mol. The average molecular weight is 295 g/mol.